The summed E-state index contributed by atoms with van der Waals surface area (Å²) in [5.41, 5.74) is 2.21. The Bertz CT molecular complexity index is 738. The van der Waals surface area contributed by atoms with Gasteiger partial charge in [0.2, 0.25) is 5.91 Å². The van der Waals surface area contributed by atoms with E-state index in [9.17, 15) is 14.7 Å². The Kier molecular flexibility index (Phi) is 5.49. The number of rotatable bonds is 8. The number of hydrogen-bond acceptors (Lipinski definition) is 2. The van der Waals surface area contributed by atoms with Gasteiger partial charge in [-0.2, -0.15) is 0 Å². The molecule has 0 aliphatic heterocycles. The molecule has 1 fully saturated rings. The Balaban J connectivity index is 1.57. The number of aromatic carboxylic acids is 1. The minimum Gasteiger partial charge on any atom is -0.478 e. The van der Waals surface area contributed by atoms with Crippen LogP contribution in [0.5, 0.6) is 0 Å². The van der Waals surface area contributed by atoms with Crippen LogP contribution in [0.25, 0.3) is 0 Å². The third-order valence-corrected chi connectivity index (χ3v) is 4.71. The number of carbonyl (C=O) groups excluding carboxylic acids is 1. The molecule has 1 aliphatic rings. The standard InChI is InChI=1S/C21H23NO3/c23-20(13-12-16-8-4-5-9-18(16)21(24)25)22-19(17-10-11-17)14-15-6-2-1-3-7-15/h1-9,17,19H,10-14H2,(H,22,23)(H,24,25). The first-order chi connectivity index (χ1) is 12.1. The van der Waals surface area contributed by atoms with Crippen molar-refractivity contribution in [2.45, 2.75) is 38.1 Å². The molecule has 1 aliphatic carbocycles. The number of nitrogens with one attached hydrogen (secondary N) is 1. The van der Waals surface area contributed by atoms with Crippen molar-refractivity contribution >= 4 is 11.9 Å². The Morgan fingerprint density at radius 1 is 1.04 bits per heavy atom. The van der Waals surface area contributed by atoms with Crippen molar-refractivity contribution in [2.24, 2.45) is 5.92 Å². The van der Waals surface area contributed by atoms with Gasteiger partial charge >= 0.3 is 5.97 Å². The molecule has 2 aromatic rings. The highest BCUT2D eigenvalue weighted by Gasteiger charge is 2.32. The minimum atomic E-state index is -0.948. The molecule has 0 spiro atoms. The van der Waals surface area contributed by atoms with Crippen LogP contribution >= 0.6 is 0 Å². The predicted octanol–water partition coefficient (Wildman–Crippen LogP) is 3.45. The lowest BCUT2D eigenvalue weighted by Crippen LogP contribution is -2.38. The Morgan fingerprint density at radius 3 is 2.40 bits per heavy atom. The van der Waals surface area contributed by atoms with E-state index in [0.29, 0.717) is 24.3 Å². The summed E-state index contributed by atoms with van der Waals surface area (Å²) in [6.45, 7) is 0. The first-order valence-electron chi connectivity index (χ1n) is 8.78. The normalized spacial score (nSPS) is 14.7. The Morgan fingerprint density at radius 2 is 1.72 bits per heavy atom. The summed E-state index contributed by atoms with van der Waals surface area (Å²) in [6, 6.07) is 17.2. The molecule has 1 atom stereocenters. The van der Waals surface area contributed by atoms with Crippen molar-refractivity contribution < 1.29 is 14.7 Å². The van der Waals surface area contributed by atoms with Gasteiger partial charge in [-0.05, 0) is 48.8 Å². The maximum atomic E-state index is 12.4. The molecule has 0 heterocycles. The van der Waals surface area contributed by atoms with E-state index in [-0.39, 0.29) is 17.5 Å². The second-order valence-electron chi connectivity index (χ2n) is 6.66. The molecule has 4 nitrogen and oxygen atoms in total. The van der Waals surface area contributed by atoms with E-state index < -0.39 is 5.97 Å². The topological polar surface area (TPSA) is 66.4 Å². The van der Waals surface area contributed by atoms with Crippen LogP contribution in [-0.4, -0.2) is 23.0 Å². The summed E-state index contributed by atoms with van der Waals surface area (Å²) in [4.78, 5) is 23.6. The molecule has 1 unspecified atom stereocenters. The predicted molar refractivity (Wildman–Crippen MR) is 96.5 cm³/mol. The number of aryl methyl sites for hydroxylation is 1. The monoisotopic (exact) mass is 337 g/mol. The summed E-state index contributed by atoms with van der Waals surface area (Å²) in [6.07, 6.45) is 3.93. The number of hydrogen-bond donors (Lipinski definition) is 2. The fourth-order valence-electron chi connectivity index (χ4n) is 3.18. The highest BCUT2D eigenvalue weighted by atomic mass is 16.4. The van der Waals surface area contributed by atoms with E-state index >= 15 is 0 Å². The fraction of sp³-hybridized carbons (Fsp3) is 0.333. The summed E-state index contributed by atoms with van der Waals surface area (Å²) < 4.78 is 0. The van der Waals surface area contributed by atoms with Crippen molar-refractivity contribution in [1.82, 2.24) is 5.32 Å². The molecule has 1 amide bonds. The minimum absolute atomic E-state index is 0.00646. The molecule has 4 heteroatoms. The maximum Gasteiger partial charge on any atom is 0.335 e. The molecule has 2 N–H and O–H groups in total. The quantitative estimate of drug-likeness (QED) is 0.775. The number of carbonyl (C=O) groups is 2. The molecule has 25 heavy (non-hydrogen) atoms. The molecule has 1 saturated carbocycles. The van der Waals surface area contributed by atoms with Crippen LogP contribution in [0.4, 0.5) is 0 Å². The first kappa shape index (κ1) is 17.2. The van der Waals surface area contributed by atoms with Crippen LogP contribution < -0.4 is 5.32 Å². The summed E-state index contributed by atoms with van der Waals surface area (Å²) >= 11 is 0. The number of carboxylic acid groups (broad SMARTS) is 1. The zero-order valence-electron chi connectivity index (χ0n) is 14.2. The molecule has 2 aromatic carbocycles. The SMILES string of the molecule is O=C(CCc1ccccc1C(=O)O)NC(Cc1ccccc1)C1CC1. The average molecular weight is 337 g/mol. The second-order valence-corrected chi connectivity index (χ2v) is 6.66. The van der Waals surface area contributed by atoms with Gasteiger partial charge in [0, 0.05) is 12.5 Å². The third-order valence-electron chi connectivity index (χ3n) is 4.71. The van der Waals surface area contributed by atoms with Crippen LogP contribution in [0.2, 0.25) is 0 Å². The van der Waals surface area contributed by atoms with E-state index in [1.165, 1.54) is 18.4 Å². The van der Waals surface area contributed by atoms with Gasteiger partial charge in [-0.3, -0.25) is 4.79 Å². The van der Waals surface area contributed by atoms with Gasteiger partial charge in [-0.1, -0.05) is 48.5 Å². The second kappa shape index (κ2) is 7.97. The molecule has 0 radical (unpaired) electrons. The van der Waals surface area contributed by atoms with Crippen LogP contribution in [0.15, 0.2) is 54.6 Å². The Hall–Kier alpha value is -2.62. The summed E-state index contributed by atoms with van der Waals surface area (Å²) in [5.74, 6) is -0.389. The van der Waals surface area contributed by atoms with Crippen molar-refractivity contribution in [3.05, 3.63) is 71.3 Å². The van der Waals surface area contributed by atoms with E-state index in [1.54, 1.807) is 18.2 Å². The van der Waals surface area contributed by atoms with Gasteiger partial charge in [-0.25, -0.2) is 4.79 Å². The molecular weight excluding hydrogens is 314 g/mol. The molecule has 0 bridgehead atoms. The zero-order chi connectivity index (χ0) is 17.6. The van der Waals surface area contributed by atoms with Gasteiger partial charge in [-0.15, -0.1) is 0 Å². The third kappa shape index (κ3) is 4.92. The van der Waals surface area contributed by atoms with E-state index in [4.69, 9.17) is 0 Å². The van der Waals surface area contributed by atoms with Crippen molar-refractivity contribution in [2.75, 3.05) is 0 Å². The summed E-state index contributed by atoms with van der Waals surface area (Å²) in [7, 11) is 0. The zero-order valence-corrected chi connectivity index (χ0v) is 14.2. The van der Waals surface area contributed by atoms with Gasteiger partial charge < -0.3 is 10.4 Å². The lowest BCUT2D eigenvalue weighted by atomic mass is 10.0. The molecule has 3 rings (SSSR count). The van der Waals surface area contributed by atoms with E-state index in [2.05, 4.69) is 17.4 Å². The van der Waals surface area contributed by atoms with Gasteiger partial charge in [0.05, 0.1) is 5.56 Å². The molecule has 0 aromatic heterocycles. The van der Waals surface area contributed by atoms with Crippen molar-refractivity contribution in [3.8, 4) is 0 Å². The number of benzene rings is 2. The Labute approximate surface area is 147 Å². The molecular formula is C21H23NO3. The van der Waals surface area contributed by atoms with E-state index in [0.717, 1.165) is 6.42 Å². The van der Waals surface area contributed by atoms with Crippen LogP contribution in [-0.2, 0) is 17.6 Å². The van der Waals surface area contributed by atoms with Crippen molar-refractivity contribution in [3.63, 3.8) is 0 Å². The first-order valence-corrected chi connectivity index (χ1v) is 8.78. The fourth-order valence-corrected chi connectivity index (χ4v) is 3.18. The van der Waals surface area contributed by atoms with Gasteiger partial charge in [0.25, 0.3) is 0 Å². The van der Waals surface area contributed by atoms with E-state index in [1.807, 2.05) is 24.3 Å². The van der Waals surface area contributed by atoms with Gasteiger partial charge in [0.1, 0.15) is 0 Å². The number of amides is 1. The molecule has 130 valence electrons. The maximum absolute atomic E-state index is 12.4. The highest BCUT2D eigenvalue weighted by Crippen LogP contribution is 2.34. The summed E-state index contributed by atoms with van der Waals surface area (Å²) in [5, 5.41) is 12.4. The smallest absolute Gasteiger partial charge is 0.335 e. The van der Waals surface area contributed by atoms with Crippen molar-refractivity contribution in [1.29, 1.82) is 0 Å². The average Bonchev–Trinajstić information content (AvgIpc) is 3.45. The molecule has 0 saturated heterocycles. The van der Waals surface area contributed by atoms with Crippen LogP contribution in [0.3, 0.4) is 0 Å². The largest absolute Gasteiger partial charge is 0.478 e. The van der Waals surface area contributed by atoms with Gasteiger partial charge in [0.15, 0.2) is 0 Å². The van der Waals surface area contributed by atoms with Crippen LogP contribution in [0.1, 0.15) is 40.7 Å². The number of carboxylic acids is 1. The lowest BCUT2D eigenvalue weighted by Gasteiger charge is -2.18. The lowest BCUT2D eigenvalue weighted by molar-refractivity contribution is -0.121. The highest BCUT2D eigenvalue weighted by molar-refractivity contribution is 5.89. The van der Waals surface area contributed by atoms with Crippen LogP contribution in [0, 0.1) is 5.92 Å².